The number of likely N-dealkylation sites (tertiary alicyclic amines) is 1. The van der Waals surface area contributed by atoms with Crippen LogP contribution in [0.15, 0.2) is 54.1 Å². The fourth-order valence-corrected chi connectivity index (χ4v) is 4.28. The zero-order valence-electron chi connectivity index (χ0n) is 17.6. The number of hydrogen-bond donors (Lipinski definition) is 1. The number of amides is 1. The second-order valence-electron chi connectivity index (χ2n) is 7.77. The van der Waals surface area contributed by atoms with E-state index in [4.69, 9.17) is 16.3 Å². The van der Waals surface area contributed by atoms with Crippen LogP contribution in [0.2, 0.25) is 5.02 Å². The second kappa shape index (κ2) is 9.70. The maximum absolute atomic E-state index is 13.1. The van der Waals surface area contributed by atoms with Gasteiger partial charge in [0.2, 0.25) is 0 Å². The van der Waals surface area contributed by atoms with Crippen LogP contribution in [-0.2, 0) is 14.3 Å². The molecule has 1 atom stereocenters. The fourth-order valence-electron chi connectivity index (χ4n) is 4.16. The summed E-state index contributed by atoms with van der Waals surface area (Å²) in [6.07, 6.45) is 0. The summed E-state index contributed by atoms with van der Waals surface area (Å²) < 4.78 is 5.35. The molecule has 1 N–H and O–H groups in total. The average Bonchev–Trinajstić information content (AvgIpc) is 3.08. The second-order valence-corrected chi connectivity index (χ2v) is 8.21. The van der Waals surface area contributed by atoms with Crippen molar-refractivity contribution in [1.29, 1.82) is 0 Å². The Morgan fingerprint density at radius 3 is 2.42 bits per heavy atom. The van der Waals surface area contributed by atoms with Crippen LogP contribution >= 0.6 is 11.6 Å². The van der Waals surface area contributed by atoms with Gasteiger partial charge in [-0.3, -0.25) is 24.6 Å². The van der Waals surface area contributed by atoms with Crippen molar-refractivity contribution in [3.05, 3.63) is 80.4 Å². The van der Waals surface area contributed by atoms with Crippen molar-refractivity contribution in [2.24, 2.45) is 0 Å². The van der Waals surface area contributed by atoms with E-state index < -0.39 is 28.4 Å². The lowest BCUT2D eigenvalue weighted by Crippen LogP contribution is -2.42. The Labute approximate surface area is 195 Å². The molecule has 2 aromatic rings. The van der Waals surface area contributed by atoms with Crippen LogP contribution in [0.1, 0.15) is 17.2 Å². The summed E-state index contributed by atoms with van der Waals surface area (Å²) in [6.45, 7) is 3.15. The van der Waals surface area contributed by atoms with Crippen molar-refractivity contribution in [1.82, 2.24) is 9.80 Å². The number of nitrogens with zero attached hydrogens (tertiary/aromatic N) is 3. The third-order valence-corrected chi connectivity index (χ3v) is 6.10. The number of carbonyl (C=O) groups is 2. The first-order chi connectivity index (χ1) is 15.9. The van der Waals surface area contributed by atoms with Crippen LogP contribution in [0, 0.1) is 10.1 Å². The van der Waals surface area contributed by atoms with Gasteiger partial charge in [-0.05, 0) is 30.3 Å². The first-order valence-electron chi connectivity index (χ1n) is 10.5. The first kappa shape index (κ1) is 22.9. The molecule has 2 saturated heterocycles. The predicted molar refractivity (Wildman–Crippen MR) is 121 cm³/mol. The van der Waals surface area contributed by atoms with E-state index in [-0.39, 0.29) is 28.9 Å². The van der Waals surface area contributed by atoms with Gasteiger partial charge in [-0.1, -0.05) is 23.7 Å². The molecular weight excluding hydrogens is 450 g/mol. The highest BCUT2D eigenvalue weighted by Crippen LogP contribution is 2.42. The van der Waals surface area contributed by atoms with Crippen LogP contribution < -0.4 is 0 Å². The summed E-state index contributed by atoms with van der Waals surface area (Å²) in [6, 6.07) is 11.0. The molecule has 0 saturated carbocycles. The van der Waals surface area contributed by atoms with E-state index in [1.807, 2.05) is 0 Å². The highest BCUT2D eigenvalue weighted by Gasteiger charge is 2.48. The molecule has 0 radical (unpaired) electrons. The molecule has 2 aliphatic heterocycles. The summed E-state index contributed by atoms with van der Waals surface area (Å²) in [5, 5.41) is 23.2. The number of aliphatic hydroxyl groups excluding tert-OH is 1. The maximum Gasteiger partial charge on any atom is 0.295 e. The molecule has 2 aliphatic rings. The number of para-hydroxylation sites is 1. The molecular formula is C23H22ClN3O6. The zero-order chi connectivity index (χ0) is 23.5. The molecule has 1 amide bonds. The minimum absolute atomic E-state index is 0.165. The van der Waals surface area contributed by atoms with Gasteiger partial charge in [0.15, 0.2) is 0 Å². The predicted octanol–water partition coefficient (Wildman–Crippen LogP) is 3.00. The highest BCUT2D eigenvalue weighted by atomic mass is 35.5. The summed E-state index contributed by atoms with van der Waals surface area (Å²) in [5.74, 6) is -2.09. The molecule has 172 valence electrons. The molecule has 1 unspecified atom stereocenters. The first-order valence-corrected chi connectivity index (χ1v) is 10.8. The summed E-state index contributed by atoms with van der Waals surface area (Å²) in [5.41, 5.74) is 0.0368. The van der Waals surface area contributed by atoms with Crippen molar-refractivity contribution in [2.45, 2.75) is 6.04 Å². The van der Waals surface area contributed by atoms with Gasteiger partial charge in [0, 0.05) is 42.8 Å². The molecule has 0 spiro atoms. The van der Waals surface area contributed by atoms with Crippen molar-refractivity contribution >= 4 is 34.7 Å². The van der Waals surface area contributed by atoms with Crippen LogP contribution in [0.4, 0.5) is 5.69 Å². The van der Waals surface area contributed by atoms with Crippen molar-refractivity contribution < 1.29 is 24.4 Å². The van der Waals surface area contributed by atoms with Gasteiger partial charge >= 0.3 is 0 Å². The molecule has 2 heterocycles. The van der Waals surface area contributed by atoms with Gasteiger partial charge in [0.1, 0.15) is 5.76 Å². The number of Topliss-reactive ketones (excluding diaryl/α,β-unsaturated/α-hetero) is 1. The third-order valence-electron chi connectivity index (χ3n) is 5.85. The number of hydrogen-bond acceptors (Lipinski definition) is 7. The molecule has 0 aliphatic carbocycles. The number of rotatable bonds is 6. The Morgan fingerprint density at radius 2 is 1.76 bits per heavy atom. The third kappa shape index (κ3) is 4.61. The Morgan fingerprint density at radius 1 is 1.09 bits per heavy atom. The molecule has 0 aromatic heterocycles. The molecule has 4 rings (SSSR count). The monoisotopic (exact) mass is 471 g/mol. The van der Waals surface area contributed by atoms with Crippen LogP contribution in [0.3, 0.4) is 0 Å². The molecule has 2 fully saturated rings. The van der Waals surface area contributed by atoms with Crippen LogP contribution in [0.5, 0.6) is 0 Å². The van der Waals surface area contributed by atoms with E-state index >= 15 is 0 Å². The van der Waals surface area contributed by atoms with Crippen molar-refractivity contribution in [3.8, 4) is 0 Å². The van der Waals surface area contributed by atoms with Gasteiger partial charge in [0.05, 0.1) is 35.3 Å². The van der Waals surface area contributed by atoms with E-state index in [2.05, 4.69) is 4.90 Å². The van der Waals surface area contributed by atoms with Gasteiger partial charge in [-0.15, -0.1) is 0 Å². The fraction of sp³-hybridized carbons (Fsp3) is 0.304. The number of ether oxygens (including phenoxy) is 1. The Balaban J connectivity index is 1.80. The lowest BCUT2D eigenvalue weighted by Gasteiger charge is -2.30. The number of nitro benzene ring substituents is 1. The summed E-state index contributed by atoms with van der Waals surface area (Å²) >= 11 is 5.93. The topological polar surface area (TPSA) is 113 Å². The standard InChI is InChI=1S/C23H22ClN3O6/c24-16-7-5-15(6-8-16)21(28)19-20(17-3-1-2-4-18(17)27(31)32)26(23(30)22(19)29)10-9-25-11-13-33-14-12-25/h1-8,20,28H,9-14H2/b21-19+. The number of halogens is 1. The van der Waals surface area contributed by atoms with Gasteiger partial charge in [0.25, 0.3) is 17.4 Å². The van der Waals surface area contributed by atoms with Crippen molar-refractivity contribution in [2.75, 3.05) is 39.4 Å². The van der Waals surface area contributed by atoms with Gasteiger partial charge < -0.3 is 14.7 Å². The molecule has 9 nitrogen and oxygen atoms in total. The smallest absolute Gasteiger partial charge is 0.295 e. The molecule has 33 heavy (non-hydrogen) atoms. The quantitative estimate of drug-likeness (QED) is 0.226. The van der Waals surface area contributed by atoms with E-state index in [1.54, 1.807) is 18.2 Å². The van der Waals surface area contributed by atoms with E-state index in [0.717, 1.165) is 0 Å². The SMILES string of the molecule is O=C1C(=O)N(CCN2CCOCC2)C(c2ccccc2[N+](=O)[O-])/C1=C(\O)c1ccc(Cl)cc1. The summed E-state index contributed by atoms with van der Waals surface area (Å²) in [7, 11) is 0. The molecule has 0 bridgehead atoms. The minimum atomic E-state index is -1.09. The number of ketones is 1. The number of carbonyl (C=O) groups excluding carboxylic acids is 2. The number of aliphatic hydroxyl groups is 1. The Hall–Kier alpha value is -3.27. The van der Waals surface area contributed by atoms with Gasteiger partial charge in [-0.25, -0.2) is 0 Å². The van der Waals surface area contributed by atoms with E-state index in [0.29, 0.717) is 37.9 Å². The minimum Gasteiger partial charge on any atom is -0.507 e. The zero-order valence-corrected chi connectivity index (χ0v) is 18.4. The number of nitro groups is 1. The Kier molecular flexibility index (Phi) is 6.73. The lowest BCUT2D eigenvalue weighted by atomic mass is 9.94. The largest absolute Gasteiger partial charge is 0.507 e. The average molecular weight is 472 g/mol. The maximum atomic E-state index is 13.1. The normalized spacial score (nSPS) is 20.9. The number of morpholine rings is 1. The number of benzene rings is 2. The lowest BCUT2D eigenvalue weighted by molar-refractivity contribution is -0.385. The molecule has 2 aromatic carbocycles. The van der Waals surface area contributed by atoms with E-state index in [9.17, 15) is 24.8 Å². The van der Waals surface area contributed by atoms with Crippen LogP contribution in [-0.4, -0.2) is 70.9 Å². The Bertz CT molecular complexity index is 1110. The van der Waals surface area contributed by atoms with Crippen LogP contribution in [0.25, 0.3) is 5.76 Å². The van der Waals surface area contributed by atoms with E-state index in [1.165, 1.54) is 35.2 Å². The van der Waals surface area contributed by atoms with Crippen molar-refractivity contribution in [3.63, 3.8) is 0 Å². The summed E-state index contributed by atoms with van der Waals surface area (Å²) in [4.78, 5) is 40.7. The van der Waals surface area contributed by atoms with Gasteiger partial charge in [-0.2, -0.15) is 0 Å². The highest BCUT2D eigenvalue weighted by molar-refractivity contribution is 6.46. The molecule has 10 heteroatoms.